The van der Waals surface area contributed by atoms with Gasteiger partial charge in [-0.2, -0.15) is 0 Å². The van der Waals surface area contributed by atoms with Crippen molar-refractivity contribution in [2.75, 3.05) is 5.32 Å². The molecule has 1 atom stereocenters. The summed E-state index contributed by atoms with van der Waals surface area (Å²) >= 11 is 0. The highest BCUT2D eigenvalue weighted by Crippen LogP contribution is 2.29. The van der Waals surface area contributed by atoms with Crippen LogP contribution in [0.1, 0.15) is 34.5 Å². The third-order valence-electron chi connectivity index (χ3n) is 5.44. The minimum atomic E-state index is -1.23. The number of hydrogen-bond acceptors (Lipinski definition) is 4. The molecule has 162 valence electrons. The molecule has 1 aromatic heterocycles. The predicted octanol–water partition coefficient (Wildman–Crippen LogP) is 4.92. The van der Waals surface area contributed by atoms with Gasteiger partial charge < -0.3 is 10.4 Å². The molecule has 0 spiro atoms. The molecule has 6 nitrogen and oxygen atoms in total. The summed E-state index contributed by atoms with van der Waals surface area (Å²) in [6, 6.07) is 16.3. The number of rotatable bonds is 5. The Morgan fingerprint density at radius 2 is 1.84 bits per heavy atom. The van der Waals surface area contributed by atoms with E-state index in [1.54, 1.807) is 13.1 Å². The van der Waals surface area contributed by atoms with Crippen molar-refractivity contribution >= 4 is 22.6 Å². The number of aromatic carboxylic acids is 1. The van der Waals surface area contributed by atoms with Gasteiger partial charge in [0.2, 0.25) is 0 Å². The van der Waals surface area contributed by atoms with Crippen molar-refractivity contribution in [1.29, 1.82) is 0 Å². The maximum atomic E-state index is 13.6. The lowest BCUT2D eigenvalue weighted by atomic mass is 10.00. The van der Waals surface area contributed by atoms with Gasteiger partial charge in [-0.3, -0.25) is 9.36 Å². The summed E-state index contributed by atoms with van der Waals surface area (Å²) in [6.07, 6.45) is 0. The standard InChI is InChI=1S/C25H22FN3O3/c1-14-11-18(15(2)27-21-10-9-17(26)13-19(21)25(31)32)22-20(12-14)24(30)29(3)23(28-22)16-7-5-4-6-8-16/h4-13,15,27H,1-3H3,(H,31,32)/t15-/m1/s1. The Balaban J connectivity index is 1.88. The number of fused-ring (bicyclic) bond motifs is 1. The largest absolute Gasteiger partial charge is 0.478 e. The summed E-state index contributed by atoms with van der Waals surface area (Å²) in [6.45, 7) is 3.74. The van der Waals surface area contributed by atoms with Crippen molar-refractivity contribution in [2.45, 2.75) is 19.9 Å². The molecule has 0 fully saturated rings. The molecule has 7 heteroatoms. The minimum Gasteiger partial charge on any atom is -0.478 e. The van der Waals surface area contributed by atoms with Gasteiger partial charge in [-0.15, -0.1) is 0 Å². The van der Waals surface area contributed by atoms with Gasteiger partial charge in [-0.25, -0.2) is 14.2 Å². The van der Waals surface area contributed by atoms with Crippen LogP contribution in [0, 0.1) is 12.7 Å². The van der Waals surface area contributed by atoms with Crippen molar-refractivity contribution in [3.05, 3.63) is 93.5 Å². The van der Waals surface area contributed by atoms with E-state index in [9.17, 15) is 19.1 Å². The Morgan fingerprint density at radius 3 is 2.53 bits per heavy atom. The van der Waals surface area contributed by atoms with Gasteiger partial charge in [0, 0.05) is 23.9 Å². The molecule has 0 saturated heterocycles. The summed E-state index contributed by atoms with van der Waals surface area (Å²) in [7, 11) is 1.69. The molecular weight excluding hydrogens is 409 g/mol. The zero-order valence-corrected chi connectivity index (χ0v) is 17.9. The third kappa shape index (κ3) is 3.85. The Kier molecular flexibility index (Phi) is 5.48. The van der Waals surface area contributed by atoms with Gasteiger partial charge in [0.25, 0.3) is 5.56 Å². The molecule has 0 aliphatic rings. The summed E-state index contributed by atoms with van der Waals surface area (Å²) in [5, 5.41) is 13.1. The molecule has 4 aromatic rings. The molecule has 2 N–H and O–H groups in total. The Hall–Kier alpha value is -4.00. The monoisotopic (exact) mass is 431 g/mol. The number of anilines is 1. The van der Waals surface area contributed by atoms with Crippen LogP contribution in [0.25, 0.3) is 22.3 Å². The van der Waals surface area contributed by atoms with E-state index in [2.05, 4.69) is 5.32 Å². The molecule has 0 bridgehead atoms. The average Bonchev–Trinajstić information content (AvgIpc) is 2.77. The second-order valence-corrected chi connectivity index (χ2v) is 7.78. The van der Waals surface area contributed by atoms with E-state index in [-0.39, 0.29) is 16.8 Å². The molecule has 0 unspecified atom stereocenters. The molecule has 0 aliphatic carbocycles. The third-order valence-corrected chi connectivity index (χ3v) is 5.44. The van der Waals surface area contributed by atoms with E-state index < -0.39 is 17.8 Å². The van der Waals surface area contributed by atoms with Crippen LogP contribution < -0.4 is 10.9 Å². The number of carboxylic acid groups (broad SMARTS) is 1. The summed E-state index contributed by atoms with van der Waals surface area (Å²) in [5.41, 5.74) is 2.93. The lowest BCUT2D eigenvalue weighted by Crippen LogP contribution is -2.22. The van der Waals surface area contributed by atoms with Crippen LogP contribution in [0.15, 0.2) is 65.5 Å². The molecule has 32 heavy (non-hydrogen) atoms. The van der Waals surface area contributed by atoms with E-state index in [0.29, 0.717) is 16.7 Å². The predicted molar refractivity (Wildman–Crippen MR) is 123 cm³/mol. The van der Waals surface area contributed by atoms with Gasteiger partial charge in [0.1, 0.15) is 11.6 Å². The van der Waals surface area contributed by atoms with E-state index in [1.165, 1.54) is 16.7 Å². The van der Waals surface area contributed by atoms with Crippen LogP contribution in [0.4, 0.5) is 10.1 Å². The quantitative estimate of drug-likeness (QED) is 0.469. The van der Waals surface area contributed by atoms with Crippen LogP contribution in [0.2, 0.25) is 0 Å². The molecule has 0 amide bonds. The number of halogens is 1. The first kappa shape index (κ1) is 21.2. The normalized spacial score (nSPS) is 12.0. The van der Waals surface area contributed by atoms with E-state index in [0.717, 1.165) is 22.8 Å². The zero-order chi connectivity index (χ0) is 23.0. The fraction of sp³-hybridized carbons (Fsp3) is 0.160. The topological polar surface area (TPSA) is 84.2 Å². The maximum absolute atomic E-state index is 13.6. The van der Waals surface area contributed by atoms with E-state index in [4.69, 9.17) is 4.98 Å². The van der Waals surface area contributed by atoms with Crippen LogP contribution in [-0.4, -0.2) is 20.6 Å². The summed E-state index contributed by atoms with van der Waals surface area (Å²) < 4.78 is 15.1. The van der Waals surface area contributed by atoms with Gasteiger partial charge in [-0.1, -0.05) is 36.4 Å². The Bertz CT molecular complexity index is 1400. The van der Waals surface area contributed by atoms with Gasteiger partial charge in [0.15, 0.2) is 0 Å². The Labute approximate surface area is 184 Å². The number of benzene rings is 3. The minimum absolute atomic E-state index is 0.164. The zero-order valence-electron chi connectivity index (χ0n) is 17.9. The fourth-order valence-electron chi connectivity index (χ4n) is 3.86. The molecule has 0 radical (unpaired) electrons. The van der Waals surface area contributed by atoms with Crippen molar-refractivity contribution in [3.63, 3.8) is 0 Å². The molecule has 4 rings (SSSR count). The number of nitrogens with one attached hydrogen (secondary N) is 1. The van der Waals surface area contributed by atoms with Gasteiger partial charge in [-0.05, 0) is 43.7 Å². The van der Waals surface area contributed by atoms with E-state index in [1.807, 2.05) is 50.2 Å². The maximum Gasteiger partial charge on any atom is 0.337 e. The smallest absolute Gasteiger partial charge is 0.337 e. The highest BCUT2D eigenvalue weighted by molar-refractivity contribution is 5.94. The van der Waals surface area contributed by atoms with Crippen molar-refractivity contribution in [1.82, 2.24) is 9.55 Å². The number of aryl methyl sites for hydroxylation is 1. The summed E-state index contributed by atoms with van der Waals surface area (Å²) in [5.74, 6) is -1.32. The van der Waals surface area contributed by atoms with E-state index >= 15 is 0 Å². The first-order valence-electron chi connectivity index (χ1n) is 10.1. The lowest BCUT2D eigenvalue weighted by Gasteiger charge is -2.20. The highest BCUT2D eigenvalue weighted by atomic mass is 19.1. The lowest BCUT2D eigenvalue weighted by molar-refractivity contribution is 0.0697. The fourth-order valence-corrected chi connectivity index (χ4v) is 3.86. The van der Waals surface area contributed by atoms with Crippen molar-refractivity contribution < 1.29 is 14.3 Å². The van der Waals surface area contributed by atoms with Crippen LogP contribution in [0.5, 0.6) is 0 Å². The molecular formula is C25H22FN3O3. The molecule has 3 aromatic carbocycles. The number of hydrogen-bond donors (Lipinski definition) is 2. The molecule has 0 saturated carbocycles. The van der Waals surface area contributed by atoms with Crippen LogP contribution >= 0.6 is 0 Å². The number of carboxylic acids is 1. The second kappa shape index (κ2) is 8.26. The first-order valence-corrected chi connectivity index (χ1v) is 10.1. The number of aromatic nitrogens is 2. The van der Waals surface area contributed by atoms with Crippen LogP contribution in [0.3, 0.4) is 0 Å². The Morgan fingerprint density at radius 1 is 1.12 bits per heavy atom. The number of carbonyl (C=O) groups is 1. The molecule has 0 aliphatic heterocycles. The van der Waals surface area contributed by atoms with Crippen LogP contribution in [-0.2, 0) is 7.05 Å². The second-order valence-electron chi connectivity index (χ2n) is 7.78. The van der Waals surface area contributed by atoms with Gasteiger partial charge in [0.05, 0.1) is 22.5 Å². The number of nitrogens with zero attached hydrogens (tertiary/aromatic N) is 2. The SMILES string of the molecule is Cc1cc([C@@H](C)Nc2ccc(F)cc2C(=O)O)c2nc(-c3ccccc3)n(C)c(=O)c2c1. The molecule has 1 heterocycles. The van der Waals surface area contributed by atoms with Crippen molar-refractivity contribution in [3.8, 4) is 11.4 Å². The first-order chi connectivity index (χ1) is 15.3. The average molecular weight is 431 g/mol. The summed E-state index contributed by atoms with van der Waals surface area (Å²) in [4.78, 5) is 29.6. The highest BCUT2D eigenvalue weighted by Gasteiger charge is 2.19. The van der Waals surface area contributed by atoms with Crippen molar-refractivity contribution in [2.24, 2.45) is 7.05 Å². The van der Waals surface area contributed by atoms with Gasteiger partial charge >= 0.3 is 5.97 Å².